The number of carbonyl (C=O) groups excluding carboxylic acids is 6. The topological polar surface area (TPSA) is 309 Å². The van der Waals surface area contributed by atoms with Crippen LogP contribution in [0.5, 0.6) is 28.7 Å². The molecule has 0 radical (unpaired) electrons. The summed E-state index contributed by atoms with van der Waals surface area (Å²) in [6, 6.07) is 18.9. The number of ketones is 1. The number of piperazine rings is 2. The van der Waals surface area contributed by atoms with Crippen LogP contribution in [-0.2, 0) is 60.4 Å². The summed E-state index contributed by atoms with van der Waals surface area (Å²) in [6.45, 7) is 22.7. The number of methoxy groups -OCH3 is 2. The minimum atomic E-state index is -2.07. The Morgan fingerprint density at radius 1 is 0.702 bits per heavy atom. The smallest absolute Gasteiger partial charge is 0.408 e. The first-order valence-electron chi connectivity index (χ1n) is 38.7. The molecule has 9 aliphatic heterocycles. The Bertz CT molecular complexity index is 4950. The second-order valence-corrected chi connectivity index (χ2v) is 35.6. The van der Waals surface area contributed by atoms with Gasteiger partial charge in [-0.3, -0.25) is 29.2 Å². The number of alkyl carbamates (subject to hydrolysis) is 2. The van der Waals surface area contributed by atoms with Gasteiger partial charge < -0.3 is 67.8 Å². The number of esters is 3. The third-order valence-electron chi connectivity index (χ3n) is 24.4. The van der Waals surface area contributed by atoms with E-state index in [-0.39, 0.29) is 97.5 Å². The maximum absolute atomic E-state index is 14.5. The molecule has 9 heterocycles. The number of nitriles is 2. The highest BCUT2D eigenvalue weighted by Gasteiger charge is 2.66. The maximum atomic E-state index is 14.5. The SMILES string of the molecule is COc1c(C)cc2c(c1C)[C@@H]1C3CC4(O)C(=O)C(C)=C5OCOC5=C4[C@H](COC(=O)C(CSCC4c5ccccc5-c5ccccc54)NC(=O)OC(C)(C)C)N3[C@@H](C#N)[C@H](C2)N1C.COc1c(C)cc2c(c1C)[C@@H]1C3[C@@H]4SCC(NC(=O)OC(C)(C)C)C(=O)OC[C@@H](c5c6c(c(C)c(OC(C)=O)c54)OCO6)N3[C@@H](C#N)[C@H](C2)N1C. The number of likely N-dealkylation sites (N-methyl/N-ethyl adjacent to an activating group) is 2. The van der Waals surface area contributed by atoms with Crippen molar-refractivity contribution in [3.63, 3.8) is 0 Å². The number of rotatable bonds is 12. The van der Waals surface area contributed by atoms with Crippen LogP contribution < -0.4 is 34.3 Å². The van der Waals surface area contributed by atoms with E-state index in [1.54, 1.807) is 62.7 Å². The summed E-state index contributed by atoms with van der Waals surface area (Å²) >= 11 is 2.96. The molecule has 0 saturated carbocycles. The lowest BCUT2D eigenvalue weighted by Gasteiger charge is -2.62. The summed E-state index contributed by atoms with van der Waals surface area (Å²) < 4.78 is 65.4. The fraction of sp³-hybridized carbons (Fsp3) is 0.512. The van der Waals surface area contributed by atoms with Crippen LogP contribution in [0.1, 0.15) is 163 Å². The van der Waals surface area contributed by atoms with E-state index in [0.29, 0.717) is 47.0 Å². The second-order valence-electron chi connectivity index (χ2n) is 33.4. The summed E-state index contributed by atoms with van der Waals surface area (Å²) in [7, 11) is 7.38. The monoisotopic (exact) mass is 1590 g/mol. The van der Waals surface area contributed by atoms with Gasteiger partial charge in [0.1, 0.15) is 65.8 Å². The Balaban J connectivity index is 0.000000184. The summed E-state index contributed by atoms with van der Waals surface area (Å²) in [5.74, 6) is 1.93. The van der Waals surface area contributed by atoms with E-state index >= 15 is 0 Å². The van der Waals surface area contributed by atoms with Crippen molar-refractivity contribution in [1.29, 1.82) is 10.5 Å². The van der Waals surface area contributed by atoms with Crippen LogP contribution in [0.4, 0.5) is 9.59 Å². The van der Waals surface area contributed by atoms with Gasteiger partial charge in [-0.25, -0.2) is 19.2 Å². The average Bonchev–Trinajstić information content (AvgIpc) is 0.792. The summed E-state index contributed by atoms with van der Waals surface area (Å²) in [5, 5.41) is 40.1. The van der Waals surface area contributed by atoms with Crippen molar-refractivity contribution in [2.75, 3.05) is 72.4 Å². The van der Waals surface area contributed by atoms with E-state index in [2.05, 4.69) is 87.8 Å². The van der Waals surface area contributed by atoms with Gasteiger partial charge in [0, 0.05) is 88.5 Å². The van der Waals surface area contributed by atoms with Crippen molar-refractivity contribution in [3.8, 4) is 52.0 Å². The fourth-order valence-electron chi connectivity index (χ4n) is 20.1. The van der Waals surface area contributed by atoms with Crippen LogP contribution in [0.3, 0.4) is 0 Å². The van der Waals surface area contributed by atoms with Gasteiger partial charge >= 0.3 is 30.1 Å². The summed E-state index contributed by atoms with van der Waals surface area (Å²) in [6.07, 6.45) is -0.354. The number of thioether (sulfide) groups is 2. The second kappa shape index (κ2) is 30.3. The lowest BCUT2D eigenvalue weighted by Crippen LogP contribution is -2.74. The number of aryl methyl sites for hydroxylation is 2. The van der Waals surface area contributed by atoms with Crippen LogP contribution in [0.2, 0.25) is 0 Å². The largest absolute Gasteiger partial charge is 0.496 e. The molecule has 14 atom stereocenters. The van der Waals surface area contributed by atoms with E-state index in [4.69, 9.17) is 52.1 Å². The third kappa shape index (κ3) is 13.4. The lowest BCUT2D eigenvalue weighted by atomic mass is 9.64. The number of piperidine rings is 1. The number of cyclic esters (lactones) is 1. The minimum Gasteiger partial charge on any atom is -0.496 e. The molecule has 5 unspecified atom stereocenters. The van der Waals surface area contributed by atoms with Crippen molar-refractivity contribution >= 4 is 59.4 Å². The molecule has 0 spiro atoms. The summed E-state index contributed by atoms with van der Waals surface area (Å²) in [4.78, 5) is 90.6. The minimum absolute atomic E-state index is 0.0385. The Kier molecular flexibility index (Phi) is 21.2. The molecule has 6 bridgehead atoms. The molecule has 114 heavy (non-hydrogen) atoms. The number of carbonyl (C=O) groups is 6. The molecule has 0 aromatic heterocycles. The number of Topliss-reactive ketones (excluding diaryl/α,β-unsaturated/α-hetero) is 1. The number of amides is 2. The quantitative estimate of drug-likeness (QED) is 0.0594. The molecule has 5 fully saturated rings. The molecule has 26 nitrogen and oxygen atoms in total. The lowest BCUT2D eigenvalue weighted by molar-refractivity contribution is -0.159. The first-order valence-corrected chi connectivity index (χ1v) is 40.9. The van der Waals surface area contributed by atoms with Gasteiger partial charge in [-0.2, -0.15) is 22.3 Å². The van der Waals surface area contributed by atoms with Crippen LogP contribution >= 0.6 is 23.5 Å². The average molecular weight is 1600 g/mol. The Morgan fingerprint density at radius 2 is 1.26 bits per heavy atom. The molecular formula is C86H98N8O18S2. The molecule has 5 aromatic carbocycles. The number of aliphatic hydroxyl groups is 1. The number of ether oxygens (including phenoxy) is 11. The van der Waals surface area contributed by atoms with E-state index in [1.165, 1.54) is 52.7 Å². The highest BCUT2D eigenvalue weighted by Crippen LogP contribution is 2.64. The van der Waals surface area contributed by atoms with E-state index in [9.17, 15) is 44.4 Å². The van der Waals surface area contributed by atoms with Gasteiger partial charge in [-0.1, -0.05) is 60.7 Å². The Hall–Kier alpha value is -9.52. The van der Waals surface area contributed by atoms with Gasteiger partial charge in [0.25, 0.3) is 0 Å². The van der Waals surface area contributed by atoms with Gasteiger partial charge in [0.05, 0.1) is 55.8 Å². The maximum Gasteiger partial charge on any atom is 0.408 e. The predicted molar refractivity (Wildman–Crippen MR) is 422 cm³/mol. The molecule has 16 rings (SSSR count). The first kappa shape index (κ1) is 79.7. The van der Waals surface area contributed by atoms with Gasteiger partial charge in [-0.05, 0) is 177 Å². The highest BCUT2D eigenvalue weighted by molar-refractivity contribution is 7.99. The van der Waals surface area contributed by atoms with Crippen LogP contribution in [0, 0.1) is 57.3 Å². The number of hydrogen-bond acceptors (Lipinski definition) is 26. The Morgan fingerprint density at radius 3 is 1.86 bits per heavy atom. The normalized spacial score (nSPS) is 27.2. The van der Waals surface area contributed by atoms with Crippen molar-refractivity contribution in [2.24, 2.45) is 0 Å². The van der Waals surface area contributed by atoms with Crippen LogP contribution in [-0.4, -0.2) is 204 Å². The van der Waals surface area contributed by atoms with E-state index < -0.39 is 106 Å². The molecule has 5 saturated heterocycles. The molecule has 11 aliphatic rings. The number of nitrogens with one attached hydrogen (secondary N) is 2. The highest BCUT2D eigenvalue weighted by atomic mass is 32.2. The van der Waals surface area contributed by atoms with Crippen molar-refractivity contribution < 1.29 is 86.0 Å². The number of hydrogen-bond donors (Lipinski definition) is 3. The Labute approximate surface area is 672 Å². The fourth-order valence-corrected chi connectivity index (χ4v) is 22.8. The molecule has 3 N–H and O–H groups in total. The van der Waals surface area contributed by atoms with E-state index in [0.717, 1.165) is 61.6 Å². The number of benzene rings is 5. The van der Waals surface area contributed by atoms with Crippen LogP contribution in [0.15, 0.2) is 83.3 Å². The molecule has 602 valence electrons. The number of nitrogens with zero attached hydrogens (tertiary/aromatic N) is 6. The molecular weight excluding hydrogens is 1500 g/mol. The molecule has 5 aromatic rings. The standard InChI is InChI=1S/C49H54N4O9S.C37H44N4O9S/c1-25-17-28-18-35-37(20-50)53-36(41(52(35)7)39(28)26(2)42(25)58-8)19-49(57)40(44-43(60-24-61-44)27(3)45(49)54)38(53)21-59-46(55)34(51-47(56)62-48(4,5)6)23-63-22-33-31-15-11-9-13-29(31)30-14-10-12-16-32(30)33;1-16-10-20-11-22-23(12-38)41-24-13-46-35(43)21(39-36(44)50-37(5,6)7)14-51-34(29(41)28(40(22)8)25(20)17(2)30(16)45-9)27-26(24)33-32(47-15-48-33)18(3)31(27)49-19(4)42/h9-17,33-38,41,57H,18-19,21-24H2,1-8H3,(H,51,56);10,21-24,28-29,34H,11,13-15H2,1-9H3,(H,39,44)/t34?,35-,36?,37-,38-,41-,49?;21?,22-,23-,24-,28+,29?,34+/m00/s1. The molecule has 2 aliphatic carbocycles. The van der Waals surface area contributed by atoms with Crippen molar-refractivity contribution in [2.45, 2.75) is 210 Å². The van der Waals surface area contributed by atoms with Crippen molar-refractivity contribution in [3.05, 3.63) is 156 Å². The summed E-state index contributed by atoms with van der Waals surface area (Å²) in [5.41, 5.74) is 12.0. The van der Waals surface area contributed by atoms with Crippen LogP contribution in [0.25, 0.3) is 11.1 Å². The molecule has 2 amide bonds. The third-order valence-corrected chi connectivity index (χ3v) is 26.9. The molecule has 28 heteroatoms. The number of fused-ring (bicyclic) bond motifs is 20. The van der Waals surface area contributed by atoms with Crippen molar-refractivity contribution in [1.82, 2.24) is 30.2 Å². The van der Waals surface area contributed by atoms with Gasteiger partial charge in [0.2, 0.25) is 13.6 Å². The zero-order valence-corrected chi connectivity index (χ0v) is 68.9. The van der Waals surface area contributed by atoms with Gasteiger partial charge in [0.15, 0.2) is 34.4 Å². The first-order chi connectivity index (χ1) is 54.2. The van der Waals surface area contributed by atoms with E-state index in [1.807, 2.05) is 63.9 Å². The zero-order chi connectivity index (χ0) is 81.4. The zero-order valence-electron chi connectivity index (χ0n) is 67.3. The van der Waals surface area contributed by atoms with Gasteiger partial charge in [-0.15, -0.1) is 11.8 Å². The predicted octanol–water partition coefficient (Wildman–Crippen LogP) is 11.1.